The molecule has 0 atom stereocenters. The first-order valence-electron chi connectivity index (χ1n) is 49.8. The molecule has 0 radical (unpaired) electrons. The van der Waals surface area contributed by atoms with E-state index in [-0.39, 0.29) is 0 Å². The van der Waals surface area contributed by atoms with Crippen LogP contribution in [-0.4, -0.2) is 0 Å². The molecule has 0 bridgehead atoms. The summed E-state index contributed by atoms with van der Waals surface area (Å²) in [5.41, 5.74) is 46.0. The van der Waals surface area contributed by atoms with Crippen LogP contribution < -0.4 is 0 Å². The molecule has 21 aromatic carbocycles. The summed E-state index contributed by atoms with van der Waals surface area (Å²) in [7, 11) is 0. The minimum Gasteiger partial charge on any atom is -0.0622 e. The van der Waals surface area contributed by atoms with Gasteiger partial charge in [0, 0.05) is 0 Å². The number of aryl methyl sites for hydroxylation is 19. The minimum atomic E-state index is 1.14. The third kappa shape index (κ3) is 35.5. The lowest BCUT2D eigenvalue weighted by Gasteiger charge is -2.11. The molecular formula is C142H142. The summed E-state index contributed by atoms with van der Waals surface area (Å²) < 4.78 is 0. The summed E-state index contributed by atoms with van der Waals surface area (Å²) in [6.45, 7) is 40.4. The first-order valence-corrected chi connectivity index (χ1v) is 49.8. The second-order valence-electron chi connectivity index (χ2n) is 37.2. The van der Waals surface area contributed by atoms with Gasteiger partial charge in [-0.25, -0.2) is 0 Å². The summed E-state index contributed by atoms with van der Waals surface area (Å²) in [6, 6.07) is 178. The van der Waals surface area contributed by atoms with Crippen LogP contribution in [0.2, 0.25) is 0 Å². The Kier molecular flexibility index (Phi) is 42.2. The van der Waals surface area contributed by atoms with Gasteiger partial charge in [-0.1, -0.05) is 588 Å². The van der Waals surface area contributed by atoms with Crippen molar-refractivity contribution >= 4 is 21.5 Å². The van der Waals surface area contributed by atoms with Crippen LogP contribution in [0.1, 0.15) is 113 Å². The fraction of sp³-hybridized carbons (Fsp3) is 0.141. The molecule has 0 saturated carbocycles. The zero-order valence-electron chi connectivity index (χ0n) is 87.1. The molecule has 0 unspecified atom stereocenters. The highest BCUT2D eigenvalue weighted by atomic mass is 14.1. The Morgan fingerprint density at radius 1 is 0.127 bits per heavy atom. The van der Waals surface area contributed by atoms with Crippen molar-refractivity contribution in [1.82, 2.24) is 0 Å². The molecule has 0 aliphatic carbocycles. The first-order chi connectivity index (χ1) is 68.8. The van der Waals surface area contributed by atoms with E-state index in [0.717, 1.165) is 6.42 Å². The molecule has 0 saturated heterocycles. The van der Waals surface area contributed by atoms with Gasteiger partial charge in [-0.05, 0) is 270 Å². The second kappa shape index (κ2) is 56.3. The summed E-state index contributed by atoms with van der Waals surface area (Å²) in [5, 5.41) is 5.21. The van der Waals surface area contributed by atoms with E-state index < -0.39 is 0 Å². The number of hydrogen-bond donors (Lipinski definition) is 0. The maximum Gasteiger partial charge on any atom is -0.0105 e. The zero-order valence-corrected chi connectivity index (χ0v) is 87.1. The number of fused-ring (bicyclic) bond motifs is 2. The molecule has 0 aliphatic heterocycles. The van der Waals surface area contributed by atoms with E-state index in [1.165, 1.54) is 216 Å². The topological polar surface area (TPSA) is 0 Å². The molecule has 0 nitrogen and oxygen atoms in total. The van der Waals surface area contributed by atoms with Gasteiger partial charge >= 0.3 is 0 Å². The lowest BCUT2D eigenvalue weighted by molar-refractivity contribution is 1.14. The summed E-state index contributed by atoms with van der Waals surface area (Å²) in [6.07, 6.45) is 1.14. The van der Waals surface area contributed by atoms with E-state index in [4.69, 9.17) is 0 Å². The summed E-state index contributed by atoms with van der Waals surface area (Å²) >= 11 is 0. The fourth-order valence-electron chi connectivity index (χ4n) is 16.4. The van der Waals surface area contributed by atoms with Gasteiger partial charge in [-0.2, -0.15) is 0 Å². The predicted octanol–water partition coefficient (Wildman–Crippen LogP) is 40.3. The average molecular weight is 1850 g/mol. The van der Waals surface area contributed by atoms with E-state index in [2.05, 4.69) is 599 Å². The van der Waals surface area contributed by atoms with Crippen molar-refractivity contribution in [2.24, 2.45) is 0 Å². The molecule has 142 heavy (non-hydrogen) atoms. The lowest BCUT2D eigenvalue weighted by Crippen LogP contribution is -1.90. The Morgan fingerprint density at radius 3 is 0.789 bits per heavy atom. The molecule has 0 aliphatic rings. The van der Waals surface area contributed by atoms with Gasteiger partial charge in [0.05, 0.1) is 0 Å². The predicted molar refractivity (Wildman–Crippen MR) is 624 cm³/mol. The maximum absolute atomic E-state index is 2.25. The summed E-state index contributed by atoms with van der Waals surface area (Å²) in [5.74, 6) is 0. The van der Waals surface area contributed by atoms with Crippen molar-refractivity contribution in [3.05, 3.63) is 609 Å². The van der Waals surface area contributed by atoms with E-state index in [1.807, 2.05) is 36.4 Å². The average Bonchev–Trinajstić information content (AvgIpc) is 0.814. The Balaban J connectivity index is 0.000000150. The van der Waals surface area contributed by atoms with Gasteiger partial charge in [0.15, 0.2) is 0 Å². The number of rotatable bonds is 9. The van der Waals surface area contributed by atoms with Crippen molar-refractivity contribution in [2.45, 2.75) is 138 Å². The van der Waals surface area contributed by atoms with Crippen LogP contribution in [0.25, 0.3) is 111 Å². The molecule has 0 aromatic heterocycles. The van der Waals surface area contributed by atoms with Crippen LogP contribution in [-0.2, 0) is 6.42 Å². The van der Waals surface area contributed by atoms with E-state index >= 15 is 0 Å². The van der Waals surface area contributed by atoms with E-state index in [0.29, 0.717) is 0 Å². The van der Waals surface area contributed by atoms with Crippen molar-refractivity contribution in [2.75, 3.05) is 0 Å². The highest BCUT2D eigenvalue weighted by Gasteiger charge is 2.09. The molecule has 0 heteroatoms. The largest absolute Gasteiger partial charge is 0.0622 e. The monoisotopic (exact) mass is 1850 g/mol. The minimum absolute atomic E-state index is 1.14. The molecule has 0 spiro atoms. The standard InChI is InChI=1S/2C17H14.C16H18.C15H16.C14H14.3C13H12.C9H12.C8H10.C7H8/c1-13-9-11-15(12-10-13)17-8-4-6-14-5-2-3-7-16(14)17;1-13-6-8-15(9-7-13)17-11-10-14-4-2-3-5-16(14)12-17;1-11-5-7-15(8-6-11)16-13(3)9-12(2)10-14(16)4;1-11-4-6-14(7-5-11)15-9-12(2)8-13(3)10-15;1-11-3-7-13(8-4-11)14-9-5-12(2)6-10-14;1-11-7-5-6-10-13(11)12-8-3-2-4-9-12;1-11-6-5-9-13(10-11)12-7-3-2-4-8-12;1-11-7-9-13(10-8-11)12-5-3-2-4-6-12;1-3-9-6-4-8(2)5-7-9;1-7-3-5-8(2)6-4-7;1-7-5-3-2-4-6-7/h2*2-12H,1H3;5-10H,1-4H3;4-10H,1-3H3;3-10H,1-2H3;3*2-10H,1H3;4-7H,3H2,1-2H3;3-6H,1-2H3;2-6H,1H3. The quantitative estimate of drug-likeness (QED) is 0.135. The first kappa shape index (κ1) is 107. The van der Waals surface area contributed by atoms with Gasteiger partial charge in [0.1, 0.15) is 0 Å². The SMILES string of the molecule is CCc1ccc(C)cc1.Cc1ccc(-c2c(C)cc(C)cc2C)cc1.Cc1ccc(-c2cc(C)cc(C)c2)cc1.Cc1ccc(-c2ccc(C)cc2)cc1.Cc1ccc(-c2ccc3ccccc3c2)cc1.Cc1ccc(-c2cccc3ccccc23)cc1.Cc1ccc(-c2ccccc2)cc1.Cc1ccc(C)cc1.Cc1cccc(-c2ccccc2)c1.Cc1ccccc1.Cc1ccccc1-c1ccccc1. The van der Waals surface area contributed by atoms with Crippen molar-refractivity contribution in [3.8, 4) is 89.0 Å². The van der Waals surface area contributed by atoms with Gasteiger partial charge in [-0.3, -0.25) is 0 Å². The highest BCUT2D eigenvalue weighted by molar-refractivity contribution is 5.97. The third-order valence-electron chi connectivity index (χ3n) is 24.5. The molecule has 710 valence electrons. The fourth-order valence-corrected chi connectivity index (χ4v) is 16.4. The van der Waals surface area contributed by atoms with Crippen molar-refractivity contribution < 1.29 is 0 Å². The molecule has 0 heterocycles. The molecule has 0 N–H and O–H groups in total. The number of hydrogen-bond acceptors (Lipinski definition) is 0. The smallest absolute Gasteiger partial charge is 0.0105 e. The zero-order chi connectivity index (χ0) is 101. The van der Waals surface area contributed by atoms with E-state index in [9.17, 15) is 0 Å². The molecule has 0 fully saturated rings. The molecule has 21 aromatic rings. The van der Waals surface area contributed by atoms with Crippen LogP contribution in [0.4, 0.5) is 0 Å². The summed E-state index contributed by atoms with van der Waals surface area (Å²) in [4.78, 5) is 0. The maximum atomic E-state index is 2.25. The highest BCUT2D eigenvalue weighted by Crippen LogP contribution is 2.33. The van der Waals surface area contributed by atoms with Gasteiger partial charge in [0.25, 0.3) is 0 Å². The molecule has 0 amide bonds. The normalized spacial score (nSPS) is 10.1. The Morgan fingerprint density at radius 2 is 0.380 bits per heavy atom. The van der Waals surface area contributed by atoms with Crippen LogP contribution >= 0.6 is 0 Å². The second-order valence-corrected chi connectivity index (χ2v) is 37.2. The third-order valence-corrected chi connectivity index (χ3v) is 24.5. The van der Waals surface area contributed by atoms with Gasteiger partial charge in [0.2, 0.25) is 0 Å². The Bertz CT molecular complexity index is 7160. The van der Waals surface area contributed by atoms with Crippen molar-refractivity contribution in [3.63, 3.8) is 0 Å². The number of benzene rings is 21. The Labute approximate surface area is 851 Å². The van der Waals surface area contributed by atoms with Crippen LogP contribution in [0.15, 0.2) is 504 Å². The lowest BCUT2D eigenvalue weighted by atomic mass is 9.93. The molecule has 21 rings (SSSR count). The van der Waals surface area contributed by atoms with Gasteiger partial charge in [-0.15, -0.1) is 0 Å². The van der Waals surface area contributed by atoms with Crippen LogP contribution in [0.5, 0.6) is 0 Å². The van der Waals surface area contributed by atoms with Crippen LogP contribution in [0.3, 0.4) is 0 Å². The van der Waals surface area contributed by atoms with Crippen LogP contribution in [0, 0.1) is 125 Å². The molecular weight excluding hydrogens is 1710 g/mol. The van der Waals surface area contributed by atoms with Crippen molar-refractivity contribution in [1.29, 1.82) is 0 Å². The van der Waals surface area contributed by atoms with Gasteiger partial charge < -0.3 is 0 Å². The van der Waals surface area contributed by atoms with E-state index in [1.54, 1.807) is 0 Å². The Hall–Kier alpha value is -15.9.